The SMILES string of the molecule is CO[C@@H](C(=O)NCC1CCN(C(=O)C2CC2)CC1)[C@H](O)[C@@H](O)[C@H](O)/C=C/C(C)(C)C. The first-order valence-corrected chi connectivity index (χ1v) is 10.9. The minimum Gasteiger partial charge on any atom is -0.387 e. The number of hydrogen-bond donors (Lipinski definition) is 4. The monoisotopic (exact) mass is 426 g/mol. The van der Waals surface area contributed by atoms with Crippen LogP contribution in [-0.4, -0.2) is 83.2 Å². The maximum absolute atomic E-state index is 12.5. The normalized spacial score (nSPS) is 22.6. The van der Waals surface area contributed by atoms with Gasteiger partial charge in [0.15, 0.2) is 6.10 Å². The van der Waals surface area contributed by atoms with Gasteiger partial charge in [0.05, 0.1) is 0 Å². The molecule has 0 aromatic carbocycles. The summed E-state index contributed by atoms with van der Waals surface area (Å²) in [5.74, 6) is 0.197. The molecule has 1 heterocycles. The van der Waals surface area contributed by atoms with E-state index in [4.69, 9.17) is 4.74 Å². The Morgan fingerprint density at radius 3 is 2.20 bits per heavy atom. The Labute approximate surface area is 179 Å². The summed E-state index contributed by atoms with van der Waals surface area (Å²) in [5.41, 5.74) is -0.192. The molecular formula is C22H38N2O6. The highest BCUT2D eigenvalue weighted by Gasteiger charge is 2.37. The smallest absolute Gasteiger partial charge is 0.251 e. The molecule has 2 rings (SSSR count). The lowest BCUT2D eigenvalue weighted by molar-refractivity contribution is -0.149. The van der Waals surface area contributed by atoms with E-state index in [1.54, 1.807) is 6.08 Å². The van der Waals surface area contributed by atoms with Crippen LogP contribution in [-0.2, 0) is 14.3 Å². The Hall–Kier alpha value is -1.48. The maximum atomic E-state index is 12.5. The zero-order chi connectivity index (χ0) is 22.5. The van der Waals surface area contributed by atoms with Gasteiger partial charge in [0, 0.05) is 32.7 Å². The van der Waals surface area contributed by atoms with E-state index < -0.39 is 30.3 Å². The number of aliphatic hydroxyl groups excluding tert-OH is 3. The molecule has 8 heteroatoms. The Morgan fingerprint density at radius 1 is 1.10 bits per heavy atom. The van der Waals surface area contributed by atoms with Crippen molar-refractivity contribution in [2.75, 3.05) is 26.7 Å². The van der Waals surface area contributed by atoms with E-state index in [2.05, 4.69) is 5.32 Å². The quantitative estimate of drug-likeness (QED) is 0.398. The van der Waals surface area contributed by atoms with Crippen LogP contribution in [0, 0.1) is 17.3 Å². The van der Waals surface area contributed by atoms with Gasteiger partial charge >= 0.3 is 0 Å². The average Bonchev–Trinajstić information content (AvgIpc) is 3.55. The van der Waals surface area contributed by atoms with Crippen LogP contribution in [0.4, 0.5) is 0 Å². The number of likely N-dealkylation sites (tertiary alicyclic amines) is 1. The van der Waals surface area contributed by atoms with Crippen LogP contribution in [0.25, 0.3) is 0 Å². The van der Waals surface area contributed by atoms with Gasteiger partial charge < -0.3 is 30.3 Å². The van der Waals surface area contributed by atoms with Crippen LogP contribution < -0.4 is 5.32 Å². The first-order chi connectivity index (χ1) is 14.0. The summed E-state index contributed by atoms with van der Waals surface area (Å²) in [6.07, 6.45) is 1.03. The van der Waals surface area contributed by atoms with Crippen molar-refractivity contribution >= 4 is 11.8 Å². The van der Waals surface area contributed by atoms with E-state index in [-0.39, 0.29) is 23.2 Å². The number of carbonyl (C=O) groups is 2. The number of hydrogen-bond acceptors (Lipinski definition) is 6. The molecule has 0 aromatic rings. The van der Waals surface area contributed by atoms with E-state index in [1.165, 1.54) is 13.2 Å². The van der Waals surface area contributed by atoms with Crippen molar-refractivity contribution in [3.63, 3.8) is 0 Å². The molecule has 0 aromatic heterocycles. The van der Waals surface area contributed by atoms with Gasteiger partial charge in [0.1, 0.15) is 18.3 Å². The van der Waals surface area contributed by atoms with Gasteiger partial charge in [-0.1, -0.05) is 32.9 Å². The third kappa shape index (κ3) is 7.34. The minimum atomic E-state index is -1.58. The highest BCUT2D eigenvalue weighted by atomic mass is 16.5. The Kier molecular flexibility index (Phi) is 8.85. The molecule has 2 aliphatic rings. The number of piperidine rings is 1. The van der Waals surface area contributed by atoms with Gasteiger partial charge in [-0.15, -0.1) is 0 Å². The van der Waals surface area contributed by atoms with E-state index in [0.29, 0.717) is 19.6 Å². The second-order valence-corrected chi connectivity index (χ2v) is 9.64. The molecule has 0 unspecified atom stereocenters. The Balaban J connectivity index is 1.79. The predicted molar refractivity (Wildman–Crippen MR) is 112 cm³/mol. The fraction of sp³-hybridized carbons (Fsp3) is 0.818. The summed E-state index contributed by atoms with van der Waals surface area (Å²) in [6, 6.07) is 0. The van der Waals surface area contributed by atoms with Gasteiger partial charge in [0.25, 0.3) is 5.91 Å². The van der Waals surface area contributed by atoms with Crippen molar-refractivity contribution in [1.29, 1.82) is 0 Å². The number of nitrogens with one attached hydrogen (secondary N) is 1. The Bertz CT molecular complexity index is 605. The van der Waals surface area contributed by atoms with E-state index >= 15 is 0 Å². The van der Waals surface area contributed by atoms with Gasteiger partial charge in [-0.2, -0.15) is 0 Å². The van der Waals surface area contributed by atoms with Gasteiger partial charge in [0.2, 0.25) is 5.91 Å². The number of nitrogens with zero attached hydrogens (tertiary/aromatic N) is 1. The molecule has 1 saturated heterocycles. The van der Waals surface area contributed by atoms with Crippen LogP contribution in [0.5, 0.6) is 0 Å². The van der Waals surface area contributed by atoms with Crippen molar-refractivity contribution in [3.05, 3.63) is 12.2 Å². The van der Waals surface area contributed by atoms with Crippen LogP contribution in [0.2, 0.25) is 0 Å². The molecule has 1 aliphatic heterocycles. The number of carbonyl (C=O) groups excluding carboxylic acids is 2. The first-order valence-electron chi connectivity index (χ1n) is 10.9. The summed E-state index contributed by atoms with van der Waals surface area (Å²) >= 11 is 0. The van der Waals surface area contributed by atoms with Crippen molar-refractivity contribution < 1.29 is 29.6 Å². The second-order valence-electron chi connectivity index (χ2n) is 9.64. The molecule has 4 N–H and O–H groups in total. The summed E-state index contributed by atoms with van der Waals surface area (Å²) in [4.78, 5) is 26.5. The molecular weight excluding hydrogens is 388 g/mol. The number of amides is 2. The van der Waals surface area contributed by atoms with Crippen LogP contribution >= 0.6 is 0 Å². The van der Waals surface area contributed by atoms with Crippen LogP contribution in [0.1, 0.15) is 46.5 Å². The number of aliphatic hydroxyl groups is 3. The molecule has 0 spiro atoms. The van der Waals surface area contributed by atoms with Crippen molar-refractivity contribution in [2.24, 2.45) is 17.3 Å². The number of ether oxygens (including phenoxy) is 1. The lowest BCUT2D eigenvalue weighted by Gasteiger charge is -2.33. The lowest BCUT2D eigenvalue weighted by Crippen LogP contribution is -2.52. The lowest BCUT2D eigenvalue weighted by atomic mass is 9.93. The molecule has 0 bridgehead atoms. The molecule has 1 aliphatic carbocycles. The molecule has 2 fully saturated rings. The van der Waals surface area contributed by atoms with Crippen molar-refractivity contribution in [2.45, 2.75) is 70.9 Å². The first kappa shape index (κ1) is 24.8. The predicted octanol–water partition coefficient (Wildman–Crippen LogP) is 0.451. The molecule has 0 radical (unpaired) electrons. The zero-order valence-corrected chi connectivity index (χ0v) is 18.6. The summed E-state index contributed by atoms with van der Waals surface area (Å²) in [6.45, 7) is 7.65. The van der Waals surface area contributed by atoms with Gasteiger partial charge in [-0.05, 0) is 37.0 Å². The second kappa shape index (κ2) is 10.7. The van der Waals surface area contributed by atoms with E-state index in [9.17, 15) is 24.9 Å². The summed E-state index contributed by atoms with van der Waals surface area (Å²) in [5, 5.41) is 33.5. The fourth-order valence-electron chi connectivity index (χ4n) is 3.58. The topological polar surface area (TPSA) is 119 Å². The minimum absolute atomic E-state index is 0.192. The molecule has 8 nitrogen and oxygen atoms in total. The van der Waals surface area contributed by atoms with Crippen molar-refractivity contribution in [3.8, 4) is 0 Å². The molecule has 30 heavy (non-hydrogen) atoms. The number of rotatable bonds is 9. The molecule has 4 atom stereocenters. The molecule has 172 valence electrons. The number of allylic oxidation sites excluding steroid dienone is 1. The number of methoxy groups -OCH3 is 1. The standard InChI is InChI=1S/C22H38N2O6/c1-22(2,3)10-7-16(25)17(26)18(27)19(30-4)20(28)23-13-14-8-11-24(12-9-14)21(29)15-5-6-15/h7,10,14-19,25-27H,5-6,8-9,11-13H2,1-4H3,(H,23,28)/b10-7+/t16-,17+,18-,19-/m1/s1. The highest BCUT2D eigenvalue weighted by Crippen LogP contribution is 2.32. The van der Waals surface area contributed by atoms with Gasteiger partial charge in [-0.25, -0.2) is 0 Å². The average molecular weight is 427 g/mol. The van der Waals surface area contributed by atoms with E-state index in [0.717, 1.165) is 25.7 Å². The van der Waals surface area contributed by atoms with Crippen molar-refractivity contribution in [1.82, 2.24) is 10.2 Å². The zero-order valence-electron chi connectivity index (χ0n) is 18.6. The molecule has 2 amide bonds. The largest absolute Gasteiger partial charge is 0.387 e. The van der Waals surface area contributed by atoms with Crippen LogP contribution in [0.3, 0.4) is 0 Å². The third-order valence-corrected chi connectivity index (χ3v) is 5.73. The van der Waals surface area contributed by atoms with Gasteiger partial charge in [-0.3, -0.25) is 9.59 Å². The highest BCUT2D eigenvalue weighted by molar-refractivity contribution is 5.82. The maximum Gasteiger partial charge on any atom is 0.251 e. The Morgan fingerprint density at radius 2 is 1.70 bits per heavy atom. The molecule has 1 saturated carbocycles. The summed E-state index contributed by atoms with van der Waals surface area (Å²) < 4.78 is 5.10. The summed E-state index contributed by atoms with van der Waals surface area (Å²) in [7, 11) is 1.28. The third-order valence-electron chi connectivity index (χ3n) is 5.73. The van der Waals surface area contributed by atoms with E-state index in [1.807, 2.05) is 25.7 Å². The fourth-order valence-corrected chi connectivity index (χ4v) is 3.58. The van der Waals surface area contributed by atoms with Crippen LogP contribution in [0.15, 0.2) is 12.2 Å².